The van der Waals surface area contributed by atoms with Gasteiger partial charge in [0.1, 0.15) is 11.6 Å². The molecule has 0 N–H and O–H groups in total. The van der Waals surface area contributed by atoms with Gasteiger partial charge in [0.05, 0.1) is 30.9 Å². The fourth-order valence-electron chi connectivity index (χ4n) is 3.26. The second kappa shape index (κ2) is 6.34. The molecule has 2 heterocycles. The number of aromatic nitrogens is 2. The first kappa shape index (κ1) is 15.3. The third kappa shape index (κ3) is 2.81. The lowest BCUT2D eigenvalue weighted by molar-refractivity contribution is 0.0243. The summed E-state index contributed by atoms with van der Waals surface area (Å²) in [6.45, 7) is 6.21. The third-order valence-electron chi connectivity index (χ3n) is 4.52. The van der Waals surface area contributed by atoms with Gasteiger partial charge >= 0.3 is 0 Å². The Morgan fingerprint density at radius 2 is 1.83 bits per heavy atom. The molecule has 1 saturated heterocycles. The Morgan fingerprint density at radius 1 is 1.08 bits per heavy atom. The standard InChI is InChI=1S/C19H20FN3O/c1-14-3-2-4-17-18(14)23(13-22-9-11-24-12-10-22)19(21-17)15-5-7-16(20)8-6-15/h2-8H,9-13H2,1H3. The van der Waals surface area contributed by atoms with Crippen molar-refractivity contribution in [1.29, 1.82) is 0 Å². The van der Waals surface area contributed by atoms with Crippen LogP contribution in [0.1, 0.15) is 5.56 Å². The molecule has 0 unspecified atom stereocenters. The monoisotopic (exact) mass is 325 g/mol. The Bertz CT molecular complexity index is 851. The Hall–Kier alpha value is -2.24. The molecule has 0 amide bonds. The van der Waals surface area contributed by atoms with Crippen molar-refractivity contribution in [2.75, 3.05) is 26.3 Å². The predicted molar refractivity (Wildman–Crippen MR) is 92.3 cm³/mol. The van der Waals surface area contributed by atoms with Crippen molar-refractivity contribution >= 4 is 11.0 Å². The van der Waals surface area contributed by atoms with Crippen LogP contribution in [-0.4, -0.2) is 40.8 Å². The lowest BCUT2D eigenvalue weighted by Gasteiger charge is -2.28. The molecule has 4 nitrogen and oxygen atoms in total. The van der Waals surface area contributed by atoms with E-state index in [1.165, 1.54) is 17.7 Å². The normalized spacial score (nSPS) is 15.9. The molecule has 0 spiro atoms. The highest BCUT2D eigenvalue weighted by Gasteiger charge is 2.18. The van der Waals surface area contributed by atoms with E-state index in [1.807, 2.05) is 12.1 Å². The number of halogens is 1. The smallest absolute Gasteiger partial charge is 0.142 e. The van der Waals surface area contributed by atoms with Gasteiger partial charge in [0, 0.05) is 18.7 Å². The van der Waals surface area contributed by atoms with Gasteiger partial charge in [-0.2, -0.15) is 0 Å². The SMILES string of the molecule is Cc1cccc2nc(-c3ccc(F)cc3)n(CN3CCOCC3)c12. The third-order valence-corrected chi connectivity index (χ3v) is 4.52. The number of hydrogen-bond acceptors (Lipinski definition) is 3. The molecule has 1 fully saturated rings. The van der Waals surface area contributed by atoms with Gasteiger partial charge in [-0.25, -0.2) is 9.37 Å². The largest absolute Gasteiger partial charge is 0.379 e. The zero-order valence-corrected chi connectivity index (χ0v) is 13.7. The van der Waals surface area contributed by atoms with E-state index in [1.54, 1.807) is 12.1 Å². The molecule has 0 bridgehead atoms. The molecule has 1 aliphatic heterocycles. The summed E-state index contributed by atoms with van der Waals surface area (Å²) in [6, 6.07) is 12.7. The first-order valence-electron chi connectivity index (χ1n) is 8.24. The van der Waals surface area contributed by atoms with Gasteiger partial charge in [-0.1, -0.05) is 12.1 Å². The van der Waals surface area contributed by atoms with Crippen LogP contribution in [0.15, 0.2) is 42.5 Å². The molecule has 1 aliphatic rings. The number of para-hydroxylation sites is 1. The van der Waals surface area contributed by atoms with Crippen LogP contribution < -0.4 is 0 Å². The quantitative estimate of drug-likeness (QED) is 0.739. The molecule has 3 aromatic rings. The lowest BCUT2D eigenvalue weighted by atomic mass is 10.2. The second-order valence-corrected chi connectivity index (χ2v) is 6.18. The second-order valence-electron chi connectivity index (χ2n) is 6.18. The molecule has 2 aromatic carbocycles. The van der Waals surface area contributed by atoms with Crippen molar-refractivity contribution in [1.82, 2.24) is 14.5 Å². The van der Waals surface area contributed by atoms with E-state index in [0.717, 1.165) is 55.4 Å². The highest BCUT2D eigenvalue weighted by molar-refractivity contribution is 5.83. The van der Waals surface area contributed by atoms with Crippen LogP contribution >= 0.6 is 0 Å². The van der Waals surface area contributed by atoms with E-state index in [9.17, 15) is 4.39 Å². The van der Waals surface area contributed by atoms with Crippen LogP contribution in [0.25, 0.3) is 22.4 Å². The number of imidazole rings is 1. The van der Waals surface area contributed by atoms with Crippen molar-refractivity contribution in [2.24, 2.45) is 0 Å². The maximum Gasteiger partial charge on any atom is 0.142 e. The fraction of sp³-hybridized carbons (Fsp3) is 0.316. The van der Waals surface area contributed by atoms with Gasteiger partial charge in [0.15, 0.2) is 0 Å². The minimum Gasteiger partial charge on any atom is -0.379 e. The van der Waals surface area contributed by atoms with Gasteiger partial charge in [0.25, 0.3) is 0 Å². The average Bonchev–Trinajstić information content (AvgIpc) is 2.96. The topological polar surface area (TPSA) is 30.3 Å². The highest BCUT2D eigenvalue weighted by atomic mass is 19.1. The zero-order chi connectivity index (χ0) is 16.5. The minimum atomic E-state index is -0.231. The van der Waals surface area contributed by atoms with Crippen LogP contribution in [0.3, 0.4) is 0 Å². The predicted octanol–water partition coefficient (Wildman–Crippen LogP) is 3.44. The van der Waals surface area contributed by atoms with Gasteiger partial charge in [-0.05, 0) is 42.8 Å². The molecule has 0 atom stereocenters. The van der Waals surface area contributed by atoms with E-state index in [2.05, 4.69) is 22.5 Å². The minimum absolute atomic E-state index is 0.231. The highest BCUT2D eigenvalue weighted by Crippen LogP contribution is 2.27. The van der Waals surface area contributed by atoms with Crippen molar-refractivity contribution in [2.45, 2.75) is 13.6 Å². The van der Waals surface area contributed by atoms with Gasteiger partial charge < -0.3 is 9.30 Å². The molecule has 124 valence electrons. The summed E-state index contributed by atoms with van der Waals surface area (Å²) in [5.74, 6) is 0.650. The van der Waals surface area contributed by atoms with Crippen molar-refractivity contribution in [3.63, 3.8) is 0 Å². The van der Waals surface area contributed by atoms with Gasteiger partial charge in [0.2, 0.25) is 0 Å². The van der Waals surface area contributed by atoms with Crippen LogP contribution in [-0.2, 0) is 11.4 Å². The number of benzene rings is 2. The molecule has 0 saturated carbocycles. The molecule has 0 aliphatic carbocycles. The van der Waals surface area contributed by atoms with Crippen molar-refractivity contribution < 1.29 is 9.13 Å². The van der Waals surface area contributed by atoms with Crippen LogP contribution in [0.2, 0.25) is 0 Å². The number of ether oxygens (including phenoxy) is 1. The molecular formula is C19H20FN3O. The summed E-state index contributed by atoms with van der Waals surface area (Å²) < 4.78 is 21.0. The van der Waals surface area contributed by atoms with E-state index >= 15 is 0 Å². The van der Waals surface area contributed by atoms with Gasteiger partial charge in [-0.3, -0.25) is 4.90 Å². The first-order chi connectivity index (χ1) is 11.7. The number of rotatable bonds is 3. The summed E-state index contributed by atoms with van der Waals surface area (Å²) in [6.07, 6.45) is 0. The Balaban J connectivity index is 1.83. The molecule has 0 radical (unpaired) electrons. The van der Waals surface area contributed by atoms with E-state index in [0.29, 0.717) is 0 Å². The van der Waals surface area contributed by atoms with Crippen LogP contribution in [0.4, 0.5) is 4.39 Å². The van der Waals surface area contributed by atoms with Crippen LogP contribution in [0, 0.1) is 12.7 Å². The molecule has 1 aromatic heterocycles. The zero-order valence-electron chi connectivity index (χ0n) is 13.7. The summed E-state index contributed by atoms with van der Waals surface area (Å²) >= 11 is 0. The molecule has 24 heavy (non-hydrogen) atoms. The Kier molecular flexibility index (Phi) is 4.04. The summed E-state index contributed by atoms with van der Waals surface area (Å²) in [5, 5.41) is 0. The Labute approximate surface area is 140 Å². The number of nitrogens with zero attached hydrogens (tertiary/aromatic N) is 3. The van der Waals surface area contributed by atoms with Crippen molar-refractivity contribution in [3.8, 4) is 11.4 Å². The maximum atomic E-state index is 13.3. The van der Waals surface area contributed by atoms with Crippen LogP contribution in [0.5, 0.6) is 0 Å². The van der Waals surface area contributed by atoms with E-state index < -0.39 is 0 Å². The number of hydrogen-bond donors (Lipinski definition) is 0. The number of morpholine rings is 1. The lowest BCUT2D eigenvalue weighted by Crippen LogP contribution is -2.37. The molecular weight excluding hydrogens is 305 g/mol. The summed E-state index contributed by atoms with van der Waals surface area (Å²) in [5.41, 5.74) is 4.24. The van der Waals surface area contributed by atoms with Gasteiger partial charge in [-0.15, -0.1) is 0 Å². The first-order valence-corrected chi connectivity index (χ1v) is 8.24. The fourth-order valence-corrected chi connectivity index (χ4v) is 3.26. The molecule has 4 rings (SSSR count). The summed E-state index contributed by atoms with van der Waals surface area (Å²) in [7, 11) is 0. The number of aryl methyl sites for hydroxylation is 1. The van der Waals surface area contributed by atoms with E-state index in [-0.39, 0.29) is 5.82 Å². The number of fused-ring (bicyclic) bond motifs is 1. The molecule has 5 heteroatoms. The average molecular weight is 325 g/mol. The van der Waals surface area contributed by atoms with Crippen molar-refractivity contribution in [3.05, 3.63) is 53.8 Å². The Morgan fingerprint density at radius 3 is 2.58 bits per heavy atom. The van der Waals surface area contributed by atoms with E-state index in [4.69, 9.17) is 9.72 Å². The maximum absolute atomic E-state index is 13.3. The summed E-state index contributed by atoms with van der Waals surface area (Å²) in [4.78, 5) is 7.19.